The minimum absolute atomic E-state index is 0.171. The number of thiocarbonyl (C=S) groups is 1. The molecule has 0 aromatic carbocycles. The van der Waals surface area contributed by atoms with E-state index in [1.165, 1.54) is 0 Å². The molecule has 6 heteroatoms. The second-order valence-corrected chi connectivity index (χ2v) is 4.64. The van der Waals surface area contributed by atoms with Crippen molar-refractivity contribution in [1.82, 2.24) is 10.3 Å². The summed E-state index contributed by atoms with van der Waals surface area (Å²) in [5.74, 6) is 1.02. The van der Waals surface area contributed by atoms with Crippen molar-refractivity contribution in [3.05, 3.63) is 17.8 Å². The zero-order valence-electron chi connectivity index (χ0n) is 10.9. The molecule has 1 heterocycles. The van der Waals surface area contributed by atoms with Gasteiger partial charge in [-0.05, 0) is 19.8 Å². The fourth-order valence-corrected chi connectivity index (χ4v) is 2.22. The molecule has 0 aliphatic heterocycles. The highest BCUT2D eigenvalue weighted by molar-refractivity contribution is 7.80. The normalized spacial score (nSPS) is 11.3. The number of carbonyl (C=O) groups is 1. The summed E-state index contributed by atoms with van der Waals surface area (Å²) < 4.78 is 5.28. The Kier molecular flexibility index (Phi) is 4.84. The first-order valence-corrected chi connectivity index (χ1v) is 6.36. The van der Waals surface area contributed by atoms with Gasteiger partial charge in [-0.15, -0.1) is 0 Å². The third-order valence-electron chi connectivity index (χ3n) is 3.18. The van der Waals surface area contributed by atoms with E-state index < -0.39 is 5.41 Å². The van der Waals surface area contributed by atoms with E-state index in [1.54, 1.807) is 13.1 Å². The van der Waals surface area contributed by atoms with Gasteiger partial charge in [0.25, 0.3) is 0 Å². The van der Waals surface area contributed by atoms with Gasteiger partial charge in [-0.1, -0.05) is 26.1 Å². The van der Waals surface area contributed by atoms with Gasteiger partial charge in [0.15, 0.2) is 0 Å². The van der Waals surface area contributed by atoms with Gasteiger partial charge in [0.1, 0.15) is 5.76 Å². The third kappa shape index (κ3) is 2.87. The molecule has 0 aliphatic rings. The van der Waals surface area contributed by atoms with Crippen LogP contribution in [0, 0.1) is 12.3 Å². The molecule has 0 saturated carbocycles. The quantitative estimate of drug-likeness (QED) is 0.768. The summed E-state index contributed by atoms with van der Waals surface area (Å²) in [6.45, 7) is 5.85. The van der Waals surface area contributed by atoms with Gasteiger partial charge < -0.3 is 15.5 Å². The van der Waals surface area contributed by atoms with Gasteiger partial charge >= 0.3 is 0 Å². The average Bonchev–Trinajstić information content (AvgIpc) is 2.74. The van der Waals surface area contributed by atoms with Crippen LogP contribution < -0.4 is 11.1 Å². The monoisotopic (exact) mass is 269 g/mol. The number of rotatable bonds is 6. The van der Waals surface area contributed by atoms with E-state index in [2.05, 4.69) is 10.3 Å². The summed E-state index contributed by atoms with van der Waals surface area (Å²) in [6.07, 6.45) is 2.77. The Morgan fingerprint density at radius 1 is 1.56 bits per heavy atom. The van der Waals surface area contributed by atoms with Crippen LogP contribution in [-0.4, -0.2) is 15.9 Å². The highest BCUT2D eigenvalue weighted by Gasteiger charge is 2.37. The molecule has 18 heavy (non-hydrogen) atoms. The molecule has 0 fully saturated rings. The van der Waals surface area contributed by atoms with E-state index in [-0.39, 0.29) is 17.4 Å². The zero-order valence-corrected chi connectivity index (χ0v) is 11.8. The Morgan fingerprint density at radius 2 is 2.17 bits per heavy atom. The van der Waals surface area contributed by atoms with E-state index in [1.807, 2.05) is 13.8 Å². The molecule has 0 spiro atoms. The van der Waals surface area contributed by atoms with Crippen molar-refractivity contribution in [2.45, 2.75) is 40.2 Å². The van der Waals surface area contributed by atoms with Crippen molar-refractivity contribution in [3.63, 3.8) is 0 Å². The van der Waals surface area contributed by atoms with Gasteiger partial charge in [-0.25, -0.2) is 4.98 Å². The molecule has 3 N–H and O–H groups in total. The molecule has 0 unspecified atom stereocenters. The molecule has 0 radical (unpaired) electrons. The molecule has 1 rings (SSSR count). The average molecular weight is 269 g/mol. The van der Waals surface area contributed by atoms with Crippen molar-refractivity contribution in [1.29, 1.82) is 0 Å². The number of nitrogens with one attached hydrogen (secondary N) is 1. The minimum atomic E-state index is -0.781. The molecular formula is C12H19N3O2S. The van der Waals surface area contributed by atoms with Crippen molar-refractivity contribution < 1.29 is 9.21 Å². The fourth-order valence-electron chi connectivity index (χ4n) is 1.84. The highest BCUT2D eigenvalue weighted by Crippen LogP contribution is 2.27. The van der Waals surface area contributed by atoms with Crippen LogP contribution in [0.4, 0.5) is 0 Å². The van der Waals surface area contributed by atoms with E-state index >= 15 is 0 Å². The van der Waals surface area contributed by atoms with E-state index in [4.69, 9.17) is 22.4 Å². The number of nitrogens with two attached hydrogens (primary N) is 1. The minimum Gasteiger partial charge on any atom is -0.444 e. The molecule has 1 aromatic heterocycles. The maximum Gasteiger partial charge on any atom is 0.233 e. The number of hydrogen-bond donors (Lipinski definition) is 2. The Hall–Kier alpha value is -1.43. The second kappa shape index (κ2) is 5.95. The molecule has 0 aliphatic carbocycles. The molecule has 1 aromatic rings. The highest BCUT2D eigenvalue weighted by atomic mass is 32.1. The van der Waals surface area contributed by atoms with Crippen LogP contribution in [0.2, 0.25) is 0 Å². The molecule has 0 saturated heterocycles. The van der Waals surface area contributed by atoms with Gasteiger partial charge in [0.05, 0.1) is 23.1 Å². The summed E-state index contributed by atoms with van der Waals surface area (Å²) in [5, 5.41) is 2.77. The Balaban J connectivity index is 2.71. The fraction of sp³-hybridized carbons (Fsp3) is 0.583. The van der Waals surface area contributed by atoms with Gasteiger partial charge in [-0.3, -0.25) is 4.79 Å². The lowest BCUT2D eigenvalue weighted by molar-refractivity contribution is -0.128. The van der Waals surface area contributed by atoms with Crippen LogP contribution in [0.1, 0.15) is 38.3 Å². The lowest BCUT2D eigenvalue weighted by Crippen LogP contribution is -2.48. The number of carbonyl (C=O) groups excluding carboxylic acids is 1. The lowest BCUT2D eigenvalue weighted by atomic mass is 9.81. The summed E-state index contributed by atoms with van der Waals surface area (Å²) >= 11 is 5.02. The van der Waals surface area contributed by atoms with Crippen molar-refractivity contribution >= 4 is 23.1 Å². The van der Waals surface area contributed by atoms with Crippen molar-refractivity contribution in [3.8, 4) is 0 Å². The molecule has 5 nitrogen and oxygen atoms in total. The second-order valence-electron chi connectivity index (χ2n) is 4.20. The number of aryl methyl sites for hydroxylation is 1. The predicted molar refractivity (Wildman–Crippen MR) is 72.9 cm³/mol. The number of oxazole rings is 1. The standard InChI is InChI=1S/C12H19N3O2S/c1-4-12(5-2,10(13)18)11(16)15-7-9-14-6-8(3)17-9/h6H,4-5,7H2,1-3H3,(H2,13,18)(H,15,16). The lowest BCUT2D eigenvalue weighted by Gasteiger charge is -2.28. The van der Waals surface area contributed by atoms with Crippen molar-refractivity contribution in [2.75, 3.05) is 0 Å². The smallest absolute Gasteiger partial charge is 0.233 e. The maximum absolute atomic E-state index is 12.2. The van der Waals surface area contributed by atoms with Crippen LogP contribution >= 0.6 is 12.2 Å². The SMILES string of the molecule is CCC(CC)(C(=O)NCc1ncc(C)o1)C(N)=S. The van der Waals surface area contributed by atoms with Crippen LogP contribution in [0.3, 0.4) is 0 Å². The Labute approximate surface area is 112 Å². The summed E-state index contributed by atoms with van der Waals surface area (Å²) in [5.41, 5.74) is 4.92. The van der Waals surface area contributed by atoms with Crippen LogP contribution in [0.5, 0.6) is 0 Å². The molecule has 0 bridgehead atoms. The first-order chi connectivity index (χ1) is 8.46. The van der Waals surface area contributed by atoms with Crippen molar-refractivity contribution in [2.24, 2.45) is 11.1 Å². The van der Waals surface area contributed by atoms with Gasteiger partial charge in [0.2, 0.25) is 11.8 Å². The van der Waals surface area contributed by atoms with Crippen LogP contribution in [0.25, 0.3) is 0 Å². The van der Waals surface area contributed by atoms with Crippen LogP contribution in [-0.2, 0) is 11.3 Å². The van der Waals surface area contributed by atoms with E-state index in [0.717, 1.165) is 0 Å². The van der Waals surface area contributed by atoms with E-state index in [9.17, 15) is 4.79 Å². The topological polar surface area (TPSA) is 81.2 Å². The van der Waals surface area contributed by atoms with Gasteiger partial charge in [0, 0.05) is 0 Å². The number of nitrogens with zero attached hydrogens (tertiary/aromatic N) is 1. The number of hydrogen-bond acceptors (Lipinski definition) is 4. The summed E-state index contributed by atoms with van der Waals surface area (Å²) in [6, 6.07) is 0. The first-order valence-electron chi connectivity index (χ1n) is 5.95. The third-order valence-corrected chi connectivity index (χ3v) is 3.57. The van der Waals surface area contributed by atoms with E-state index in [0.29, 0.717) is 24.5 Å². The largest absolute Gasteiger partial charge is 0.444 e. The molecule has 0 atom stereocenters. The maximum atomic E-state index is 12.2. The summed E-state index contributed by atoms with van der Waals surface area (Å²) in [4.78, 5) is 16.5. The predicted octanol–water partition coefficient (Wildman–Crippen LogP) is 1.69. The number of amides is 1. The molecular weight excluding hydrogens is 250 g/mol. The Morgan fingerprint density at radius 3 is 2.56 bits per heavy atom. The Bertz CT molecular complexity index is 438. The van der Waals surface area contributed by atoms with Gasteiger partial charge in [-0.2, -0.15) is 0 Å². The molecule has 1 amide bonds. The zero-order chi connectivity index (χ0) is 13.8. The molecule has 100 valence electrons. The first kappa shape index (κ1) is 14.6. The number of aromatic nitrogens is 1. The van der Waals surface area contributed by atoms with Crippen LogP contribution in [0.15, 0.2) is 10.6 Å². The summed E-state index contributed by atoms with van der Waals surface area (Å²) in [7, 11) is 0.